The summed E-state index contributed by atoms with van der Waals surface area (Å²) in [5.41, 5.74) is 2.12. The van der Waals surface area contributed by atoms with Crippen LogP contribution >= 0.6 is 22.9 Å². The van der Waals surface area contributed by atoms with Crippen LogP contribution in [-0.4, -0.2) is 22.7 Å². The molecule has 0 saturated heterocycles. The Bertz CT molecular complexity index is 849. The smallest absolute Gasteiger partial charge is 0.264 e. The third kappa shape index (κ3) is 4.10. The Labute approximate surface area is 148 Å². The van der Waals surface area contributed by atoms with Crippen molar-refractivity contribution < 1.29 is 9.53 Å². The fourth-order valence-electron chi connectivity index (χ4n) is 2.03. The van der Waals surface area contributed by atoms with Gasteiger partial charge >= 0.3 is 0 Å². The van der Waals surface area contributed by atoms with Gasteiger partial charge in [0.05, 0.1) is 0 Å². The normalized spacial score (nSPS) is 10.4. The average molecular weight is 360 g/mol. The topological polar surface area (TPSA) is 64.1 Å². The van der Waals surface area contributed by atoms with Crippen LogP contribution in [0.15, 0.2) is 48.5 Å². The Kier molecular flexibility index (Phi) is 5.08. The Morgan fingerprint density at radius 1 is 1.17 bits per heavy atom. The zero-order valence-corrected chi connectivity index (χ0v) is 14.4. The van der Waals surface area contributed by atoms with Gasteiger partial charge in [-0.05, 0) is 36.8 Å². The van der Waals surface area contributed by atoms with Crippen molar-refractivity contribution in [1.82, 2.24) is 10.2 Å². The van der Waals surface area contributed by atoms with Gasteiger partial charge in [-0.3, -0.25) is 10.1 Å². The summed E-state index contributed by atoms with van der Waals surface area (Å²) < 4.78 is 5.39. The molecule has 0 bridgehead atoms. The van der Waals surface area contributed by atoms with E-state index in [0.717, 1.165) is 16.1 Å². The van der Waals surface area contributed by atoms with E-state index in [1.54, 1.807) is 24.3 Å². The second-order valence-corrected chi connectivity index (χ2v) is 6.43. The van der Waals surface area contributed by atoms with Crippen molar-refractivity contribution in [1.29, 1.82) is 0 Å². The highest BCUT2D eigenvalue weighted by Crippen LogP contribution is 2.28. The van der Waals surface area contributed by atoms with Crippen LogP contribution in [0.25, 0.3) is 10.6 Å². The van der Waals surface area contributed by atoms with Crippen molar-refractivity contribution in [2.45, 2.75) is 6.92 Å². The van der Waals surface area contributed by atoms with Gasteiger partial charge in [0.25, 0.3) is 5.91 Å². The fourth-order valence-corrected chi connectivity index (χ4v) is 3.01. The highest BCUT2D eigenvalue weighted by Gasteiger charge is 2.11. The zero-order chi connectivity index (χ0) is 16.9. The molecule has 0 fully saturated rings. The van der Waals surface area contributed by atoms with Gasteiger partial charge < -0.3 is 4.74 Å². The highest BCUT2D eigenvalue weighted by atomic mass is 35.5. The zero-order valence-electron chi connectivity index (χ0n) is 12.8. The quantitative estimate of drug-likeness (QED) is 0.742. The summed E-state index contributed by atoms with van der Waals surface area (Å²) in [6.07, 6.45) is 0. The van der Waals surface area contributed by atoms with Gasteiger partial charge in [-0.25, -0.2) is 0 Å². The van der Waals surface area contributed by atoms with E-state index in [-0.39, 0.29) is 12.5 Å². The Hall–Kier alpha value is -2.44. The molecule has 1 aromatic heterocycles. The molecule has 122 valence electrons. The van der Waals surface area contributed by atoms with E-state index < -0.39 is 0 Å². The van der Waals surface area contributed by atoms with Crippen LogP contribution in [0.2, 0.25) is 5.02 Å². The van der Waals surface area contributed by atoms with Crippen LogP contribution in [0.1, 0.15) is 5.56 Å². The standard InChI is InChI=1S/C17H14ClN3O2S/c1-11-4-2-3-5-14(11)16-20-21-17(24-16)19-15(22)10-23-13-8-6-12(18)7-9-13/h2-9H,10H2,1H3,(H,19,21,22). The van der Waals surface area contributed by atoms with Crippen LogP contribution in [0, 0.1) is 6.92 Å². The number of hydrogen-bond donors (Lipinski definition) is 1. The number of aryl methyl sites for hydroxylation is 1. The van der Waals surface area contributed by atoms with Gasteiger partial charge in [0.2, 0.25) is 5.13 Å². The number of benzene rings is 2. The Morgan fingerprint density at radius 2 is 1.92 bits per heavy atom. The van der Waals surface area contributed by atoms with Crippen LogP contribution < -0.4 is 10.1 Å². The summed E-state index contributed by atoms with van der Waals surface area (Å²) in [6.45, 7) is 1.90. The lowest BCUT2D eigenvalue weighted by atomic mass is 10.1. The van der Waals surface area contributed by atoms with Gasteiger partial charge in [-0.15, -0.1) is 10.2 Å². The van der Waals surface area contributed by atoms with Crippen molar-refractivity contribution >= 4 is 34.0 Å². The molecule has 2 aromatic carbocycles. The molecule has 1 N–H and O–H groups in total. The van der Waals surface area contributed by atoms with E-state index in [4.69, 9.17) is 16.3 Å². The predicted molar refractivity (Wildman–Crippen MR) is 95.7 cm³/mol. The predicted octanol–water partition coefficient (Wildman–Crippen LogP) is 4.18. The number of nitrogens with zero attached hydrogens (tertiary/aromatic N) is 2. The first-order chi connectivity index (χ1) is 11.6. The van der Waals surface area contributed by atoms with Gasteiger partial charge in [0.15, 0.2) is 6.61 Å². The maximum Gasteiger partial charge on any atom is 0.264 e. The molecule has 1 amide bonds. The third-order valence-electron chi connectivity index (χ3n) is 3.23. The number of hydrogen-bond acceptors (Lipinski definition) is 5. The molecule has 1 heterocycles. The molecule has 3 aromatic rings. The molecule has 0 spiro atoms. The minimum atomic E-state index is -0.294. The van der Waals surface area contributed by atoms with Crippen molar-refractivity contribution in [3.63, 3.8) is 0 Å². The van der Waals surface area contributed by atoms with Gasteiger partial charge in [-0.1, -0.05) is 47.2 Å². The molecule has 0 radical (unpaired) electrons. The van der Waals surface area contributed by atoms with Gasteiger partial charge in [0.1, 0.15) is 10.8 Å². The molecule has 7 heteroatoms. The molecular formula is C17H14ClN3O2S. The van der Waals surface area contributed by atoms with E-state index in [0.29, 0.717) is 15.9 Å². The minimum absolute atomic E-state index is 0.110. The van der Waals surface area contributed by atoms with E-state index in [1.807, 2.05) is 31.2 Å². The van der Waals surface area contributed by atoms with Crippen molar-refractivity contribution in [2.75, 3.05) is 11.9 Å². The Morgan fingerprint density at radius 3 is 2.67 bits per heavy atom. The summed E-state index contributed by atoms with van der Waals surface area (Å²) in [7, 11) is 0. The number of halogens is 1. The van der Waals surface area contributed by atoms with Crippen molar-refractivity contribution in [3.05, 3.63) is 59.1 Å². The molecule has 24 heavy (non-hydrogen) atoms. The van der Waals surface area contributed by atoms with Crippen LogP contribution in [-0.2, 0) is 4.79 Å². The number of carbonyl (C=O) groups excluding carboxylic acids is 1. The summed E-state index contributed by atoms with van der Waals surface area (Å²) in [5.74, 6) is 0.282. The first-order valence-electron chi connectivity index (χ1n) is 7.19. The van der Waals surface area contributed by atoms with Crippen LogP contribution in [0.3, 0.4) is 0 Å². The number of ether oxygens (including phenoxy) is 1. The highest BCUT2D eigenvalue weighted by molar-refractivity contribution is 7.18. The molecule has 0 saturated carbocycles. The number of nitrogens with one attached hydrogen (secondary N) is 1. The van der Waals surface area contributed by atoms with E-state index in [1.165, 1.54) is 11.3 Å². The van der Waals surface area contributed by atoms with Crippen molar-refractivity contribution in [2.24, 2.45) is 0 Å². The average Bonchev–Trinajstić information content (AvgIpc) is 3.03. The summed E-state index contributed by atoms with van der Waals surface area (Å²) in [5, 5.41) is 12.6. The lowest BCUT2D eigenvalue weighted by Crippen LogP contribution is -2.20. The van der Waals surface area contributed by atoms with E-state index in [9.17, 15) is 4.79 Å². The second-order valence-electron chi connectivity index (χ2n) is 5.02. The van der Waals surface area contributed by atoms with E-state index in [2.05, 4.69) is 15.5 Å². The second kappa shape index (κ2) is 7.42. The lowest BCUT2D eigenvalue weighted by Gasteiger charge is -2.05. The molecule has 0 aliphatic rings. The molecular weight excluding hydrogens is 346 g/mol. The molecule has 5 nitrogen and oxygen atoms in total. The van der Waals surface area contributed by atoms with Gasteiger partial charge in [-0.2, -0.15) is 0 Å². The largest absolute Gasteiger partial charge is 0.484 e. The third-order valence-corrected chi connectivity index (χ3v) is 4.35. The Balaban J connectivity index is 1.59. The van der Waals surface area contributed by atoms with Crippen LogP contribution in [0.5, 0.6) is 5.75 Å². The molecule has 0 aliphatic heterocycles. The molecule has 0 unspecified atom stereocenters. The number of carbonyl (C=O) groups is 1. The molecule has 0 atom stereocenters. The summed E-state index contributed by atoms with van der Waals surface area (Å²) in [6, 6.07) is 14.7. The SMILES string of the molecule is Cc1ccccc1-c1nnc(NC(=O)COc2ccc(Cl)cc2)s1. The number of amides is 1. The summed E-state index contributed by atoms with van der Waals surface area (Å²) >= 11 is 7.12. The number of rotatable bonds is 5. The minimum Gasteiger partial charge on any atom is -0.484 e. The number of aromatic nitrogens is 2. The first-order valence-corrected chi connectivity index (χ1v) is 8.39. The van der Waals surface area contributed by atoms with Crippen LogP contribution in [0.4, 0.5) is 5.13 Å². The molecule has 0 aliphatic carbocycles. The maximum atomic E-state index is 11.9. The lowest BCUT2D eigenvalue weighted by molar-refractivity contribution is -0.118. The van der Waals surface area contributed by atoms with Crippen molar-refractivity contribution in [3.8, 4) is 16.3 Å². The fraction of sp³-hybridized carbons (Fsp3) is 0.118. The number of anilines is 1. The monoisotopic (exact) mass is 359 g/mol. The maximum absolute atomic E-state index is 11.9. The molecule has 3 rings (SSSR count). The first kappa shape index (κ1) is 16.4. The van der Waals surface area contributed by atoms with Gasteiger partial charge in [0, 0.05) is 10.6 Å². The van der Waals surface area contributed by atoms with E-state index >= 15 is 0 Å². The summed E-state index contributed by atoms with van der Waals surface area (Å²) in [4.78, 5) is 11.9.